The molecule has 1 unspecified atom stereocenters. The van der Waals surface area contributed by atoms with E-state index in [2.05, 4.69) is 48.4 Å². The van der Waals surface area contributed by atoms with Gasteiger partial charge in [0.05, 0.1) is 11.3 Å². The molecule has 2 N–H and O–H groups in total. The number of rotatable bonds is 8. The molecule has 1 atom stereocenters. The number of carboxylic acid groups (broad SMARTS) is 1. The topological polar surface area (TPSA) is 75.1 Å². The SMILES string of the molecule is CC(C)c1ccc(-c2ccnc(C(NCc3ccccc3C(=O)O)c3cccs3)n2)cc1.Cl. The molecule has 0 saturated carbocycles. The molecule has 0 fully saturated rings. The molecular weight excluding hydrogens is 454 g/mol. The van der Waals surface area contributed by atoms with Gasteiger partial charge in [-0.05, 0) is 40.6 Å². The minimum atomic E-state index is -0.932. The minimum absolute atomic E-state index is 0. The first-order chi connectivity index (χ1) is 15.5. The van der Waals surface area contributed by atoms with Crippen molar-refractivity contribution < 1.29 is 9.90 Å². The van der Waals surface area contributed by atoms with Crippen molar-refractivity contribution >= 4 is 29.7 Å². The van der Waals surface area contributed by atoms with Crippen LogP contribution < -0.4 is 5.32 Å². The summed E-state index contributed by atoms with van der Waals surface area (Å²) in [6.07, 6.45) is 1.78. The zero-order chi connectivity index (χ0) is 22.5. The van der Waals surface area contributed by atoms with E-state index in [0.717, 1.165) is 21.7 Å². The van der Waals surface area contributed by atoms with Crippen LogP contribution in [-0.2, 0) is 6.54 Å². The van der Waals surface area contributed by atoms with Gasteiger partial charge in [-0.15, -0.1) is 23.7 Å². The molecule has 0 radical (unpaired) electrons. The predicted molar refractivity (Wildman–Crippen MR) is 135 cm³/mol. The van der Waals surface area contributed by atoms with E-state index in [9.17, 15) is 9.90 Å². The zero-order valence-corrected chi connectivity index (χ0v) is 20.1. The highest BCUT2D eigenvalue weighted by Gasteiger charge is 2.20. The van der Waals surface area contributed by atoms with Crippen molar-refractivity contribution in [2.24, 2.45) is 0 Å². The number of hydrogen-bond donors (Lipinski definition) is 2. The second-order valence-electron chi connectivity index (χ2n) is 7.87. The average molecular weight is 480 g/mol. The lowest BCUT2D eigenvalue weighted by atomic mass is 10.0. The largest absolute Gasteiger partial charge is 0.478 e. The molecule has 4 aromatic rings. The van der Waals surface area contributed by atoms with Gasteiger partial charge < -0.3 is 5.11 Å². The van der Waals surface area contributed by atoms with Crippen LogP contribution in [0.3, 0.4) is 0 Å². The Labute approximate surface area is 204 Å². The highest BCUT2D eigenvalue weighted by Crippen LogP contribution is 2.27. The third-order valence-electron chi connectivity index (χ3n) is 5.38. The highest BCUT2D eigenvalue weighted by molar-refractivity contribution is 7.10. The van der Waals surface area contributed by atoms with Crippen molar-refractivity contribution in [3.8, 4) is 11.3 Å². The molecule has 0 spiro atoms. The quantitative estimate of drug-likeness (QED) is 0.309. The molecule has 0 bridgehead atoms. The van der Waals surface area contributed by atoms with Crippen LogP contribution in [-0.4, -0.2) is 21.0 Å². The van der Waals surface area contributed by atoms with Gasteiger partial charge in [0.15, 0.2) is 5.82 Å². The Morgan fingerprint density at radius 2 is 1.79 bits per heavy atom. The number of carboxylic acids is 1. The van der Waals surface area contributed by atoms with Gasteiger partial charge in [-0.2, -0.15) is 0 Å². The van der Waals surface area contributed by atoms with Crippen LogP contribution in [0.2, 0.25) is 0 Å². The summed E-state index contributed by atoms with van der Waals surface area (Å²) >= 11 is 1.62. The Bertz CT molecular complexity index is 1190. The molecule has 0 amide bonds. The van der Waals surface area contributed by atoms with Gasteiger partial charge in [0.25, 0.3) is 0 Å². The predicted octanol–water partition coefficient (Wildman–Crippen LogP) is 6.33. The van der Waals surface area contributed by atoms with E-state index in [-0.39, 0.29) is 18.4 Å². The first-order valence-electron chi connectivity index (χ1n) is 10.5. The van der Waals surface area contributed by atoms with E-state index >= 15 is 0 Å². The van der Waals surface area contributed by atoms with E-state index < -0.39 is 5.97 Å². The number of nitrogens with one attached hydrogen (secondary N) is 1. The van der Waals surface area contributed by atoms with Crippen molar-refractivity contribution in [2.75, 3.05) is 0 Å². The molecule has 2 heterocycles. The van der Waals surface area contributed by atoms with Crippen molar-refractivity contribution in [2.45, 2.75) is 32.4 Å². The van der Waals surface area contributed by atoms with Crippen LogP contribution in [0.1, 0.15) is 58.0 Å². The number of nitrogens with zero attached hydrogens (tertiary/aromatic N) is 2. The van der Waals surface area contributed by atoms with Gasteiger partial charge in [0.1, 0.15) is 6.04 Å². The van der Waals surface area contributed by atoms with Crippen LogP contribution in [0.15, 0.2) is 78.3 Å². The molecule has 4 rings (SSSR count). The first-order valence-corrected chi connectivity index (χ1v) is 11.4. The summed E-state index contributed by atoms with van der Waals surface area (Å²) in [4.78, 5) is 22.1. The molecule has 0 saturated heterocycles. The van der Waals surface area contributed by atoms with Crippen molar-refractivity contribution in [1.29, 1.82) is 0 Å². The lowest BCUT2D eigenvalue weighted by Gasteiger charge is -2.18. The Kier molecular flexibility index (Phi) is 8.33. The van der Waals surface area contributed by atoms with E-state index in [0.29, 0.717) is 23.9 Å². The third kappa shape index (κ3) is 5.85. The summed E-state index contributed by atoms with van der Waals surface area (Å²) < 4.78 is 0. The molecule has 0 aliphatic heterocycles. The Morgan fingerprint density at radius 1 is 1.03 bits per heavy atom. The van der Waals surface area contributed by atoms with Crippen LogP contribution in [0.5, 0.6) is 0 Å². The summed E-state index contributed by atoms with van der Waals surface area (Å²) in [6, 6.07) is 21.2. The summed E-state index contributed by atoms with van der Waals surface area (Å²) in [6.45, 7) is 4.75. The molecule has 7 heteroatoms. The number of thiophene rings is 1. The first kappa shape index (κ1) is 24.6. The molecule has 0 aliphatic rings. The summed E-state index contributed by atoms with van der Waals surface area (Å²) in [5.41, 5.74) is 4.21. The number of halogens is 1. The molecule has 2 aromatic carbocycles. The van der Waals surface area contributed by atoms with E-state index in [1.165, 1.54) is 5.56 Å². The van der Waals surface area contributed by atoms with Crippen LogP contribution in [0.4, 0.5) is 0 Å². The normalized spacial score (nSPS) is 11.7. The van der Waals surface area contributed by atoms with Gasteiger partial charge in [0, 0.05) is 23.2 Å². The molecule has 2 aromatic heterocycles. The Balaban J connectivity index is 0.00000306. The fourth-order valence-electron chi connectivity index (χ4n) is 3.58. The maximum atomic E-state index is 11.6. The van der Waals surface area contributed by atoms with Crippen LogP contribution in [0.25, 0.3) is 11.3 Å². The number of aromatic nitrogens is 2. The van der Waals surface area contributed by atoms with Gasteiger partial charge >= 0.3 is 5.97 Å². The molecule has 0 aliphatic carbocycles. The van der Waals surface area contributed by atoms with Crippen LogP contribution in [0, 0.1) is 0 Å². The maximum Gasteiger partial charge on any atom is 0.336 e. The van der Waals surface area contributed by atoms with Gasteiger partial charge in [-0.3, -0.25) is 5.32 Å². The number of hydrogen-bond acceptors (Lipinski definition) is 5. The Morgan fingerprint density at radius 3 is 2.45 bits per heavy atom. The Hall–Kier alpha value is -3.06. The number of carbonyl (C=O) groups is 1. The fourth-order valence-corrected chi connectivity index (χ4v) is 4.38. The summed E-state index contributed by atoms with van der Waals surface area (Å²) in [7, 11) is 0. The monoisotopic (exact) mass is 479 g/mol. The molecule has 5 nitrogen and oxygen atoms in total. The van der Waals surface area contributed by atoms with E-state index in [1.807, 2.05) is 35.7 Å². The van der Waals surface area contributed by atoms with Crippen molar-refractivity contribution in [3.05, 3.63) is 106 Å². The second kappa shape index (κ2) is 11.2. The van der Waals surface area contributed by atoms with E-state index in [4.69, 9.17) is 4.98 Å². The number of aromatic carboxylic acids is 1. The molecule has 170 valence electrons. The molecular formula is C26H26ClN3O2S. The summed E-state index contributed by atoms with van der Waals surface area (Å²) in [5.74, 6) is 0.204. The maximum absolute atomic E-state index is 11.6. The minimum Gasteiger partial charge on any atom is -0.478 e. The average Bonchev–Trinajstić information content (AvgIpc) is 3.34. The summed E-state index contributed by atoms with van der Waals surface area (Å²) in [5, 5.41) is 15.0. The van der Waals surface area contributed by atoms with Gasteiger partial charge in [-0.1, -0.05) is 62.4 Å². The van der Waals surface area contributed by atoms with Gasteiger partial charge in [-0.25, -0.2) is 14.8 Å². The smallest absolute Gasteiger partial charge is 0.336 e. The lowest BCUT2D eigenvalue weighted by molar-refractivity contribution is 0.0695. The standard InChI is InChI=1S/C26H25N3O2S.ClH/c1-17(2)18-9-11-19(12-10-18)22-13-14-27-25(29-22)24(23-8-5-15-32-23)28-16-20-6-3-4-7-21(20)26(30)31;/h3-15,17,24,28H,16H2,1-2H3,(H,30,31);1H. The second-order valence-corrected chi connectivity index (χ2v) is 8.85. The van der Waals surface area contributed by atoms with Gasteiger partial charge in [0.2, 0.25) is 0 Å². The van der Waals surface area contributed by atoms with Crippen LogP contribution >= 0.6 is 23.7 Å². The van der Waals surface area contributed by atoms with Crippen molar-refractivity contribution in [3.63, 3.8) is 0 Å². The van der Waals surface area contributed by atoms with E-state index in [1.54, 1.807) is 29.7 Å². The molecule has 33 heavy (non-hydrogen) atoms. The third-order valence-corrected chi connectivity index (χ3v) is 6.31. The highest BCUT2D eigenvalue weighted by atomic mass is 35.5. The number of benzene rings is 2. The van der Waals surface area contributed by atoms with Crippen molar-refractivity contribution in [1.82, 2.24) is 15.3 Å². The lowest BCUT2D eigenvalue weighted by Crippen LogP contribution is -2.24. The zero-order valence-electron chi connectivity index (χ0n) is 18.4. The fraction of sp³-hybridized carbons (Fsp3) is 0.192.